The quantitative estimate of drug-likeness (QED) is 0.603. The Morgan fingerprint density at radius 3 is 2.39 bits per heavy atom. The fraction of sp³-hybridized carbons (Fsp3) is 0.435. The molecule has 2 aromatic rings. The van der Waals surface area contributed by atoms with Gasteiger partial charge >= 0.3 is 11.9 Å². The lowest BCUT2D eigenvalue weighted by Gasteiger charge is -2.31. The van der Waals surface area contributed by atoms with Crippen LogP contribution in [0.3, 0.4) is 0 Å². The van der Waals surface area contributed by atoms with Crippen LogP contribution in [0.5, 0.6) is 5.75 Å². The van der Waals surface area contributed by atoms with Crippen LogP contribution in [0.15, 0.2) is 41.3 Å². The molecule has 1 aromatic heterocycles. The Balaban J connectivity index is 0.000000501. The second kappa shape index (κ2) is 11.9. The maximum Gasteiger partial charge on any atom is 0.414 e. The smallest absolute Gasteiger partial charge is 0.414 e. The number of hydrogen-bond donors (Lipinski definition) is 3. The first-order valence-corrected chi connectivity index (χ1v) is 10.3. The zero-order valence-electron chi connectivity index (χ0n) is 18.0. The maximum absolute atomic E-state index is 11.8. The van der Waals surface area contributed by atoms with Gasteiger partial charge in [-0.25, -0.2) is 9.59 Å². The fourth-order valence-corrected chi connectivity index (χ4v) is 3.72. The largest absolute Gasteiger partial charge is 0.496 e. The highest BCUT2D eigenvalue weighted by Gasteiger charge is 2.20. The summed E-state index contributed by atoms with van der Waals surface area (Å²) in [7, 11) is 1.75. The number of rotatable bonds is 6. The third-order valence-electron chi connectivity index (χ3n) is 5.44. The van der Waals surface area contributed by atoms with E-state index in [-0.39, 0.29) is 5.56 Å². The summed E-state index contributed by atoms with van der Waals surface area (Å²) in [6, 6.07) is 10.3. The van der Waals surface area contributed by atoms with E-state index in [1.807, 2.05) is 12.1 Å². The van der Waals surface area contributed by atoms with Crippen molar-refractivity contribution >= 4 is 11.9 Å². The summed E-state index contributed by atoms with van der Waals surface area (Å²) in [4.78, 5) is 35.2. The minimum absolute atomic E-state index is 0.0381. The van der Waals surface area contributed by atoms with Crippen LogP contribution >= 0.6 is 0 Å². The van der Waals surface area contributed by atoms with Gasteiger partial charge in [0, 0.05) is 18.3 Å². The molecule has 0 amide bonds. The molecule has 8 heteroatoms. The van der Waals surface area contributed by atoms with Crippen molar-refractivity contribution < 1.29 is 24.5 Å². The minimum Gasteiger partial charge on any atom is -0.496 e. The van der Waals surface area contributed by atoms with Gasteiger partial charge in [-0.1, -0.05) is 23.8 Å². The highest BCUT2D eigenvalue weighted by molar-refractivity contribution is 6.27. The molecule has 1 fully saturated rings. The Labute approximate surface area is 181 Å². The number of benzene rings is 1. The van der Waals surface area contributed by atoms with E-state index >= 15 is 0 Å². The SMILES string of the molecule is COc1ccc(C)cc1CCC1CCN(Cc2ccc[nH]c2=O)CC1.O=C(O)C(=O)O. The van der Waals surface area contributed by atoms with E-state index in [2.05, 4.69) is 35.0 Å². The molecule has 1 aliphatic heterocycles. The Kier molecular flexibility index (Phi) is 9.27. The number of carboxylic acids is 2. The van der Waals surface area contributed by atoms with Crippen molar-refractivity contribution in [2.24, 2.45) is 5.92 Å². The Morgan fingerprint density at radius 2 is 1.81 bits per heavy atom. The van der Waals surface area contributed by atoms with Gasteiger partial charge in [-0.2, -0.15) is 0 Å². The van der Waals surface area contributed by atoms with Gasteiger partial charge < -0.3 is 19.9 Å². The summed E-state index contributed by atoms with van der Waals surface area (Å²) in [5.41, 5.74) is 3.51. The number of aromatic amines is 1. The van der Waals surface area contributed by atoms with Gasteiger partial charge in [-0.3, -0.25) is 9.69 Å². The van der Waals surface area contributed by atoms with Gasteiger partial charge in [0.1, 0.15) is 5.75 Å². The number of nitrogens with zero attached hydrogens (tertiary/aromatic N) is 1. The van der Waals surface area contributed by atoms with E-state index in [4.69, 9.17) is 24.5 Å². The second-order valence-corrected chi connectivity index (χ2v) is 7.71. The van der Waals surface area contributed by atoms with Crippen LogP contribution in [-0.2, 0) is 22.6 Å². The predicted octanol–water partition coefficient (Wildman–Crippen LogP) is 2.69. The Bertz CT molecular complexity index is 920. The van der Waals surface area contributed by atoms with Gasteiger partial charge in [0.15, 0.2) is 0 Å². The average Bonchev–Trinajstić information content (AvgIpc) is 2.75. The molecule has 8 nitrogen and oxygen atoms in total. The van der Waals surface area contributed by atoms with Gasteiger partial charge in [-0.05, 0) is 69.3 Å². The molecule has 1 aliphatic rings. The Hall–Kier alpha value is -3.13. The number of likely N-dealkylation sites (tertiary alicyclic amines) is 1. The highest BCUT2D eigenvalue weighted by Crippen LogP contribution is 2.27. The van der Waals surface area contributed by atoms with Gasteiger partial charge in [0.25, 0.3) is 5.56 Å². The number of ether oxygens (including phenoxy) is 1. The van der Waals surface area contributed by atoms with Crippen LogP contribution in [0.4, 0.5) is 0 Å². The van der Waals surface area contributed by atoms with Crippen molar-refractivity contribution in [1.82, 2.24) is 9.88 Å². The van der Waals surface area contributed by atoms with Gasteiger partial charge in [-0.15, -0.1) is 0 Å². The van der Waals surface area contributed by atoms with Crippen molar-refractivity contribution in [1.29, 1.82) is 0 Å². The number of nitrogens with one attached hydrogen (secondary N) is 1. The topological polar surface area (TPSA) is 120 Å². The lowest BCUT2D eigenvalue weighted by Crippen LogP contribution is -2.35. The first kappa shape index (κ1) is 24.1. The lowest BCUT2D eigenvalue weighted by atomic mass is 9.90. The highest BCUT2D eigenvalue weighted by atomic mass is 16.5. The number of carboxylic acid groups (broad SMARTS) is 2. The van der Waals surface area contributed by atoms with Crippen LogP contribution < -0.4 is 10.3 Å². The predicted molar refractivity (Wildman–Crippen MR) is 116 cm³/mol. The van der Waals surface area contributed by atoms with E-state index in [0.717, 1.165) is 43.3 Å². The summed E-state index contributed by atoms with van der Waals surface area (Å²) in [6.07, 6.45) is 6.39. The number of H-pyrrole nitrogens is 1. The first-order chi connectivity index (χ1) is 14.8. The molecule has 1 aromatic carbocycles. The molecule has 1 saturated heterocycles. The van der Waals surface area contributed by atoms with E-state index in [0.29, 0.717) is 0 Å². The minimum atomic E-state index is -1.82. The molecule has 0 bridgehead atoms. The molecule has 3 rings (SSSR count). The van der Waals surface area contributed by atoms with Crippen molar-refractivity contribution in [3.8, 4) is 5.75 Å². The molecule has 0 radical (unpaired) electrons. The van der Waals surface area contributed by atoms with Crippen molar-refractivity contribution in [2.45, 2.75) is 39.2 Å². The number of methoxy groups -OCH3 is 1. The fourth-order valence-electron chi connectivity index (χ4n) is 3.72. The molecule has 0 saturated carbocycles. The van der Waals surface area contributed by atoms with Crippen LogP contribution in [0.1, 0.15) is 36.0 Å². The van der Waals surface area contributed by atoms with Crippen LogP contribution in [0.2, 0.25) is 0 Å². The van der Waals surface area contributed by atoms with Gasteiger partial charge in [0.2, 0.25) is 0 Å². The summed E-state index contributed by atoms with van der Waals surface area (Å²) in [5, 5.41) is 14.8. The van der Waals surface area contributed by atoms with Crippen molar-refractivity contribution in [2.75, 3.05) is 20.2 Å². The zero-order valence-corrected chi connectivity index (χ0v) is 18.0. The van der Waals surface area contributed by atoms with Crippen LogP contribution in [0.25, 0.3) is 0 Å². The number of aryl methyl sites for hydroxylation is 2. The van der Waals surface area contributed by atoms with E-state index in [1.54, 1.807) is 13.3 Å². The third kappa shape index (κ3) is 7.90. The molecule has 0 spiro atoms. The van der Waals surface area contributed by atoms with E-state index in [1.165, 1.54) is 30.4 Å². The molecule has 0 unspecified atom stereocenters. The average molecular weight is 431 g/mol. The normalized spacial score (nSPS) is 14.4. The molecule has 2 heterocycles. The number of piperidine rings is 1. The number of aliphatic carboxylic acids is 2. The summed E-state index contributed by atoms with van der Waals surface area (Å²) < 4.78 is 5.49. The number of hydrogen-bond acceptors (Lipinski definition) is 5. The standard InChI is InChI=1S/C21H28N2O2.C2H2O4/c1-16-5-8-20(25-2)18(14-16)7-6-17-9-12-23(13-10-17)15-19-4-3-11-22-21(19)24;3-1(4)2(5)6/h3-5,8,11,14,17H,6-7,9-10,12-13,15H2,1-2H3,(H,22,24);(H,3,4)(H,5,6). The summed E-state index contributed by atoms with van der Waals surface area (Å²) >= 11 is 0. The number of aromatic nitrogens is 1. The van der Waals surface area contributed by atoms with Crippen molar-refractivity contribution in [3.05, 3.63) is 63.6 Å². The Morgan fingerprint density at radius 1 is 1.13 bits per heavy atom. The zero-order chi connectivity index (χ0) is 22.8. The van der Waals surface area contributed by atoms with E-state index < -0.39 is 11.9 Å². The van der Waals surface area contributed by atoms with Crippen LogP contribution in [-0.4, -0.2) is 52.2 Å². The maximum atomic E-state index is 11.8. The summed E-state index contributed by atoms with van der Waals surface area (Å²) in [6.45, 7) is 5.04. The number of pyridine rings is 1. The molecular weight excluding hydrogens is 400 g/mol. The first-order valence-electron chi connectivity index (χ1n) is 10.3. The molecule has 168 valence electrons. The lowest BCUT2D eigenvalue weighted by molar-refractivity contribution is -0.159. The second-order valence-electron chi connectivity index (χ2n) is 7.71. The van der Waals surface area contributed by atoms with Crippen LogP contribution in [0, 0.1) is 12.8 Å². The summed E-state index contributed by atoms with van der Waals surface area (Å²) in [5.74, 6) is -1.88. The van der Waals surface area contributed by atoms with E-state index in [9.17, 15) is 4.79 Å². The molecule has 3 N–H and O–H groups in total. The van der Waals surface area contributed by atoms with Crippen molar-refractivity contribution in [3.63, 3.8) is 0 Å². The number of carbonyl (C=O) groups is 2. The molecule has 31 heavy (non-hydrogen) atoms. The van der Waals surface area contributed by atoms with Gasteiger partial charge in [0.05, 0.1) is 7.11 Å². The molecular formula is C23H30N2O6. The monoisotopic (exact) mass is 430 g/mol. The molecule has 0 aliphatic carbocycles. The third-order valence-corrected chi connectivity index (χ3v) is 5.44. The molecule has 0 atom stereocenters.